The van der Waals surface area contributed by atoms with Gasteiger partial charge in [0.1, 0.15) is 0 Å². The number of aryl methyl sites for hydroxylation is 1. The van der Waals surface area contributed by atoms with Gasteiger partial charge in [-0.2, -0.15) is 4.68 Å². The zero-order valence-electron chi connectivity index (χ0n) is 18.0. The molecule has 1 aliphatic heterocycles. The summed E-state index contributed by atoms with van der Waals surface area (Å²) < 4.78 is 2.61. The summed E-state index contributed by atoms with van der Waals surface area (Å²) >= 11 is 1.51. The number of fused-ring (bicyclic) bond motifs is 1. The van der Waals surface area contributed by atoms with Crippen LogP contribution >= 0.6 is 11.3 Å². The monoisotopic (exact) mass is 411 g/mol. The van der Waals surface area contributed by atoms with Crippen molar-refractivity contribution >= 4 is 27.3 Å². The van der Waals surface area contributed by atoms with Crippen molar-refractivity contribution in [3.8, 4) is 5.13 Å². The maximum atomic E-state index is 13.2. The number of H-pyrrole nitrogens is 1. The third-order valence-electron chi connectivity index (χ3n) is 5.45. The van der Waals surface area contributed by atoms with Crippen molar-refractivity contribution in [3.05, 3.63) is 45.9 Å². The molecule has 3 heterocycles. The molecule has 0 unspecified atom stereocenters. The van der Waals surface area contributed by atoms with Gasteiger partial charge in [-0.15, -0.1) is 0 Å². The van der Waals surface area contributed by atoms with Crippen LogP contribution in [-0.2, 0) is 0 Å². The number of piperidine rings is 1. The minimum absolute atomic E-state index is 0.0184. The van der Waals surface area contributed by atoms with Crippen LogP contribution in [0.4, 0.5) is 0 Å². The van der Waals surface area contributed by atoms with Crippen LogP contribution in [0.5, 0.6) is 0 Å². The van der Waals surface area contributed by atoms with Crippen LogP contribution in [0.1, 0.15) is 58.7 Å². The molecule has 2 aromatic heterocycles. The van der Waals surface area contributed by atoms with Gasteiger partial charge in [-0.05, 0) is 66.5 Å². The van der Waals surface area contributed by atoms with E-state index in [1.807, 2.05) is 38.1 Å². The SMILES string of the molecule is CC(=NC1CC(C)(C)NC(C)(C)C1)c1c(C)[nH]n(-c2nc3ccccc3s2)c1=O. The van der Waals surface area contributed by atoms with Crippen LogP contribution in [-0.4, -0.2) is 37.6 Å². The lowest BCUT2D eigenvalue weighted by Gasteiger charge is -2.45. The van der Waals surface area contributed by atoms with E-state index in [9.17, 15) is 4.79 Å². The molecule has 1 aliphatic rings. The number of aliphatic imine (C=N–C) groups is 1. The van der Waals surface area contributed by atoms with Gasteiger partial charge in [-0.25, -0.2) is 4.98 Å². The largest absolute Gasteiger partial charge is 0.307 e. The molecule has 6 nitrogen and oxygen atoms in total. The summed E-state index contributed by atoms with van der Waals surface area (Å²) in [6, 6.07) is 8.11. The molecule has 0 saturated carbocycles. The first-order valence-corrected chi connectivity index (χ1v) is 10.9. The molecule has 0 bridgehead atoms. The summed E-state index contributed by atoms with van der Waals surface area (Å²) in [5, 5.41) is 7.54. The predicted molar refractivity (Wildman–Crippen MR) is 121 cm³/mol. The van der Waals surface area contributed by atoms with Crippen LogP contribution in [0.3, 0.4) is 0 Å². The van der Waals surface area contributed by atoms with Crippen LogP contribution in [0.25, 0.3) is 15.3 Å². The van der Waals surface area contributed by atoms with Crippen molar-refractivity contribution in [2.24, 2.45) is 4.99 Å². The molecule has 1 saturated heterocycles. The summed E-state index contributed by atoms with van der Waals surface area (Å²) in [7, 11) is 0. The van der Waals surface area contributed by atoms with Gasteiger partial charge in [-0.3, -0.25) is 14.9 Å². The standard InChI is InChI=1S/C22H29N5OS/c1-13(23-15-11-21(3,4)26-22(5,6)12-15)18-14(2)25-27(19(18)28)20-24-16-9-7-8-10-17(16)29-20/h7-10,15,25-26H,11-12H2,1-6H3. The third-order valence-corrected chi connectivity index (χ3v) is 6.47. The lowest BCUT2D eigenvalue weighted by Crippen LogP contribution is -2.58. The number of aromatic nitrogens is 3. The smallest absolute Gasteiger partial charge is 0.282 e. The Morgan fingerprint density at radius 3 is 2.52 bits per heavy atom. The first-order valence-electron chi connectivity index (χ1n) is 10.1. The maximum Gasteiger partial charge on any atom is 0.282 e. The normalized spacial score (nSPS) is 19.7. The van der Waals surface area contributed by atoms with Crippen molar-refractivity contribution in [2.75, 3.05) is 0 Å². The molecule has 0 atom stereocenters. The van der Waals surface area contributed by atoms with E-state index in [1.165, 1.54) is 11.3 Å². The Hall–Kier alpha value is -2.25. The number of hydrogen-bond donors (Lipinski definition) is 2. The topological polar surface area (TPSA) is 75.1 Å². The van der Waals surface area contributed by atoms with Gasteiger partial charge in [0.2, 0.25) is 5.13 Å². The van der Waals surface area contributed by atoms with Crippen molar-refractivity contribution in [1.29, 1.82) is 0 Å². The lowest BCUT2D eigenvalue weighted by molar-refractivity contribution is 0.164. The minimum atomic E-state index is -0.0877. The Kier molecular flexibility index (Phi) is 4.78. The van der Waals surface area contributed by atoms with Gasteiger partial charge in [0.05, 0.1) is 21.8 Å². The molecule has 29 heavy (non-hydrogen) atoms. The highest BCUT2D eigenvalue weighted by atomic mass is 32.1. The molecule has 0 radical (unpaired) electrons. The average molecular weight is 412 g/mol. The van der Waals surface area contributed by atoms with Crippen LogP contribution in [0.2, 0.25) is 0 Å². The van der Waals surface area contributed by atoms with E-state index < -0.39 is 0 Å². The second-order valence-electron chi connectivity index (χ2n) is 9.39. The van der Waals surface area contributed by atoms with Gasteiger partial charge >= 0.3 is 0 Å². The van der Waals surface area contributed by atoms with Crippen molar-refractivity contribution in [2.45, 2.75) is 71.5 Å². The Morgan fingerprint density at radius 2 is 1.86 bits per heavy atom. The van der Waals surface area contributed by atoms with E-state index >= 15 is 0 Å². The van der Waals surface area contributed by atoms with Crippen LogP contribution in [0.15, 0.2) is 34.1 Å². The molecule has 0 aliphatic carbocycles. The molecule has 1 aromatic carbocycles. The fourth-order valence-electron chi connectivity index (χ4n) is 4.76. The van der Waals surface area contributed by atoms with E-state index in [0.717, 1.165) is 34.5 Å². The number of thiazole rings is 1. The predicted octanol–water partition coefficient (Wildman–Crippen LogP) is 4.20. The maximum absolute atomic E-state index is 13.2. The highest BCUT2D eigenvalue weighted by molar-refractivity contribution is 7.20. The quantitative estimate of drug-likeness (QED) is 0.634. The zero-order chi connectivity index (χ0) is 21.0. The van der Waals surface area contributed by atoms with Crippen molar-refractivity contribution in [1.82, 2.24) is 20.1 Å². The lowest BCUT2D eigenvalue weighted by atomic mass is 9.80. The number of aromatic amines is 1. The number of nitrogens with zero attached hydrogens (tertiary/aromatic N) is 3. The molecule has 4 rings (SSSR count). The number of benzene rings is 1. The summed E-state index contributed by atoms with van der Waals surface area (Å²) in [6.45, 7) is 12.7. The fraction of sp³-hybridized carbons (Fsp3) is 0.500. The molecule has 3 aromatic rings. The van der Waals surface area contributed by atoms with E-state index in [-0.39, 0.29) is 22.7 Å². The van der Waals surface area contributed by atoms with E-state index in [0.29, 0.717) is 10.7 Å². The van der Waals surface area contributed by atoms with E-state index in [2.05, 4.69) is 43.1 Å². The molecule has 2 N–H and O–H groups in total. The van der Waals surface area contributed by atoms with Gasteiger partial charge in [0.25, 0.3) is 5.56 Å². The van der Waals surface area contributed by atoms with Crippen LogP contribution in [0, 0.1) is 6.92 Å². The summed E-state index contributed by atoms with van der Waals surface area (Å²) in [5.41, 5.74) is 3.12. The molecule has 1 fully saturated rings. The molecular formula is C22H29N5OS. The molecule has 0 amide bonds. The third kappa shape index (κ3) is 3.94. The first kappa shape index (κ1) is 20.0. The Balaban J connectivity index is 1.70. The highest BCUT2D eigenvalue weighted by Gasteiger charge is 2.37. The van der Waals surface area contributed by atoms with Crippen molar-refractivity contribution < 1.29 is 0 Å². The first-order chi connectivity index (χ1) is 13.5. The number of para-hydroxylation sites is 1. The Bertz CT molecular complexity index is 1100. The number of rotatable bonds is 3. The van der Waals surface area contributed by atoms with Crippen molar-refractivity contribution in [3.63, 3.8) is 0 Å². The van der Waals surface area contributed by atoms with E-state index in [4.69, 9.17) is 4.99 Å². The Morgan fingerprint density at radius 1 is 1.21 bits per heavy atom. The summed E-state index contributed by atoms with van der Waals surface area (Å²) in [6.07, 6.45) is 1.90. The summed E-state index contributed by atoms with van der Waals surface area (Å²) in [5.74, 6) is 0. The second-order valence-corrected chi connectivity index (χ2v) is 10.4. The summed E-state index contributed by atoms with van der Waals surface area (Å²) in [4.78, 5) is 22.8. The molecular weight excluding hydrogens is 382 g/mol. The van der Waals surface area contributed by atoms with Crippen LogP contribution < -0.4 is 10.9 Å². The average Bonchev–Trinajstić information content (AvgIpc) is 3.12. The minimum Gasteiger partial charge on any atom is -0.307 e. The highest BCUT2D eigenvalue weighted by Crippen LogP contribution is 2.31. The van der Waals surface area contributed by atoms with Gasteiger partial charge in [-0.1, -0.05) is 23.5 Å². The van der Waals surface area contributed by atoms with Gasteiger partial charge < -0.3 is 5.32 Å². The Labute approximate surface area is 175 Å². The number of hydrogen-bond acceptors (Lipinski definition) is 5. The molecule has 0 spiro atoms. The molecule has 154 valence electrons. The fourth-order valence-corrected chi connectivity index (χ4v) is 5.69. The van der Waals surface area contributed by atoms with Gasteiger partial charge in [0, 0.05) is 22.5 Å². The second kappa shape index (κ2) is 6.92. The zero-order valence-corrected chi connectivity index (χ0v) is 18.8. The molecule has 7 heteroatoms. The number of nitrogens with one attached hydrogen (secondary N) is 2. The van der Waals surface area contributed by atoms with E-state index in [1.54, 1.807) is 4.68 Å². The van der Waals surface area contributed by atoms with Gasteiger partial charge in [0.15, 0.2) is 0 Å².